The van der Waals surface area contributed by atoms with Crippen LogP contribution in [0.15, 0.2) is 0 Å². The van der Waals surface area contributed by atoms with Gasteiger partial charge in [0.05, 0.1) is 5.92 Å². The third-order valence-corrected chi connectivity index (χ3v) is 2.07. The second kappa shape index (κ2) is 6.37. The summed E-state index contributed by atoms with van der Waals surface area (Å²) in [7, 11) is 0. The largest absolute Gasteiger partial charge is 0.481 e. The smallest absolute Gasteiger partial charge is 0.332 e. The first kappa shape index (κ1) is 12.9. The van der Waals surface area contributed by atoms with Crippen molar-refractivity contribution in [1.29, 1.82) is 0 Å². The second-order valence-electron chi connectivity index (χ2n) is 3.38. The Labute approximate surface area is 82.4 Å². The third-order valence-electron chi connectivity index (χ3n) is 2.07. The molecule has 0 aromatic carbocycles. The first-order valence-electron chi connectivity index (χ1n) is 4.58. The summed E-state index contributed by atoms with van der Waals surface area (Å²) in [6.07, 6.45) is 0.529. The fourth-order valence-corrected chi connectivity index (χ4v) is 1.04. The maximum absolute atomic E-state index is 10.4. The van der Waals surface area contributed by atoms with Crippen LogP contribution in [0, 0.1) is 5.92 Å². The molecule has 0 aliphatic rings. The van der Waals surface area contributed by atoms with Crippen molar-refractivity contribution < 1.29 is 24.9 Å². The van der Waals surface area contributed by atoms with E-state index in [1.807, 2.05) is 0 Å². The quantitative estimate of drug-likeness (QED) is 0.531. The molecule has 14 heavy (non-hydrogen) atoms. The number of aliphatic hydroxyl groups is 1. The molecule has 0 rings (SSSR count). The molecule has 0 aliphatic carbocycles. The standard InChI is InChI=1S/C9H16O5/c1-6(8(11)12)4-2-3-5-7(10)9(13)14/h6-7,10H,2-5H2,1H3,(H,11,12)(H,13,14). The Morgan fingerprint density at radius 3 is 2.00 bits per heavy atom. The van der Waals surface area contributed by atoms with Crippen LogP contribution in [0.5, 0.6) is 0 Å². The van der Waals surface area contributed by atoms with Crippen LogP contribution >= 0.6 is 0 Å². The average molecular weight is 204 g/mol. The number of aliphatic carboxylic acids is 2. The molecule has 5 heteroatoms. The molecule has 0 fully saturated rings. The van der Waals surface area contributed by atoms with Gasteiger partial charge in [0.25, 0.3) is 0 Å². The molecular weight excluding hydrogens is 188 g/mol. The number of carboxylic acid groups (broad SMARTS) is 2. The minimum atomic E-state index is -1.32. The van der Waals surface area contributed by atoms with Crippen LogP contribution in [0.1, 0.15) is 32.6 Å². The van der Waals surface area contributed by atoms with Crippen LogP contribution in [-0.2, 0) is 9.59 Å². The molecular formula is C9H16O5. The van der Waals surface area contributed by atoms with Crippen molar-refractivity contribution >= 4 is 11.9 Å². The lowest BCUT2D eigenvalue weighted by atomic mass is 10.0. The van der Waals surface area contributed by atoms with Gasteiger partial charge in [0.1, 0.15) is 0 Å². The van der Waals surface area contributed by atoms with Crippen LogP contribution in [0.3, 0.4) is 0 Å². The molecule has 2 unspecified atom stereocenters. The first-order valence-corrected chi connectivity index (χ1v) is 4.58. The van der Waals surface area contributed by atoms with Gasteiger partial charge in [-0.3, -0.25) is 4.79 Å². The monoisotopic (exact) mass is 204 g/mol. The Morgan fingerprint density at radius 1 is 1.07 bits per heavy atom. The molecule has 3 N–H and O–H groups in total. The third kappa shape index (κ3) is 5.53. The molecule has 0 aliphatic heterocycles. The van der Waals surface area contributed by atoms with Crippen LogP contribution in [-0.4, -0.2) is 33.4 Å². The van der Waals surface area contributed by atoms with Crippen molar-refractivity contribution in [3.05, 3.63) is 0 Å². The molecule has 0 aromatic rings. The Hall–Kier alpha value is -1.10. The van der Waals surface area contributed by atoms with E-state index in [4.69, 9.17) is 15.3 Å². The first-order chi connectivity index (χ1) is 6.45. The van der Waals surface area contributed by atoms with E-state index in [9.17, 15) is 9.59 Å². The average Bonchev–Trinajstić information content (AvgIpc) is 2.11. The molecule has 0 amide bonds. The van der Waals surface area contributed by atoms with E-state index in [-0.39, 0.29) is 6.42 Å². The summed E-state index contributed by atoms with van der Waals surface area (Å²) >= 11 is 0. The maximum atomic E-state index is 10.4. The van der Waals surface area contributed by atoms with Gasteiger partial charge in [0, 0.05) is 0 Å². The van der Waals surface area contributed by atoms with E-state index in [0.29, 0.717) is 19.3 Å². The summed E-state index contributed by atoms with van der Waals surface area (Å²) in [6, 6.07) is 0. The van der Waals surface area contributed by atoms with E-state index in [1.165, 1.54) is 0 Å². The van der Waals surface area contributed by atoms with Gasteiger partial charge in [0.2, 0.25) is 0 Å². The second-order valence-corrected chi connectivity index (χ2v) is 3.38. The molecule has 0 heterocycles. The highest BCUT2D eigenvalue weighted by Gasteiger charge is 2.13. The van der Waals surface area contributed by atoms with Gasteiger partial charge in [-0.2, -0.15) is 0 Å². The van der Waals surface area contributed by atoms with Crippen molar-refractivity contribution in [2.45, 2.75) is 38.7 Å². The van der Waals surface area contributed by atoms with E-state index < -0.39 is 24.0 Å². The number of unbranched alkanes of at least 4 members (excludes halogenated alkanes) is 1. The summed E-state index contributed by atoms with van der Waals surface area (Å²) in [4.78, 5) is 20.6. The lowest BCUT2D eigenvalue weighted by molar-refractivity contribution is -0.147. The molecule has 0 spiro atoms. The predicted octanol–water partition coefficient (Wildman–Crippen LogP) is 0.713. The molecule has 0 saturated carbocycles. The number of rotatable bonds is 7. The SMILES string of the molecule is CC(CCCCC(O)C(=O)O)C(=O)O. The van der Waals surface area contributed by atoms with Crippen molar-refractivity contribution in [1.82, 2.24) is 0 Å². The lowest BCUT2D eigenvalue weighted by Crippen LogP contribution is -2.19. The lowest BCUT2D eigenvalue weighted by Gasteiger charge is -2.07. The highest BCUT2D eigenvalue weighted by molar-refractivity contribution is 5.71. The highest BCUT2D eigenvalue weighted by atomic mass is 16.4. The van der Waals surface area contributed by atoms with Crippen molar-refractivity contribution in [3.63, 3.8) is 0 Å². The number of hydrogen-bond donors (Lipinski definition) is 3. The van der Waals surface area contributed by atoms with Crippen LogP contribution in [0.4, 0.5) is 0 Å². The maximum Gasteiger partial charge on any atom is 0.332 e. The zero-order valence-electron chi connectivity index (χ0n) is 8.14. The Kier molecular flexibility index (Phi) is 5.87. The zero-order valence-corrected chi connectivity index (χ0v) is 8.14. The Morgan fingerprint density at radius 2 is 1.57 bits per heavy atom. The van der Waals surface area contributed by atoms with Gasteiger partial charge in [-0.05, 0) is 12.8 Å². The number of carbonyl (C=O) groups is 2. The summed E-state index contributed by atoms with van der Waals surface area (Å²) in [5.41, 5.74) is 0. The van der Waals surface area contributed by atoms with E-state index in [2.05, 4.69) is 0 Å². The van der Waals surface area contributed by atoms with Gasteiger partial charge in [0.15, 0.2) is 6.10 Å². The minimum absolute atomic E-state index is 0.182. The van der Waals surface area contributed by atoms with Crippen molar-refractivity contribution in [3.8, 4) is 0 Å². The fourth-order valence-electron chi connectivity index (χ4n) is 1.04. The predicted molar refractivity (Wildman–Crippen MR) is 48.9 cm³/mol. The minimum Gasteiger partial charge on any atom is -0.481 e. The highest BCUT2D eigenvalue weighted by Crippen LogP contribution is 2.10. The van der Waals surface area contributed by atoms with Gasteiger partial charge in [-0.25, -0.2) is 4.79 Å². The molecule has 0 bridgehead atoms. The number of carboxylic acids is 2. The number of aliphatic hydroxyl groups excluding tert-OH is 1. The van der Waals surface area contributed by atoms with Crippen molar-refractivity contribution in [2.24, 2.45) is 5.92 Å². The Bertz CT molecular complexity index is 179. The van der Waals surface area contributed by atoms with E-state index >= 15 is 0 Å². The fraction of sp³-hybridized carbons (Fsp3) is 0.778. The molecule has 2 atom stereocenters. The molecule has 0 aromatic heterocycles. The summed E-state index contributed by atoms with van der Waals surface area (Å²) in [5.74, 6) is -2.47. The number of hydrogen-bond acceptors (Lipinski definition) is 3. The van der Waals surface area contributed by atoms with Crippen molar-refractivity contribution in [2.75, 3.05) is 0 Å². The van der Waals surface area contributed by atoms with E-state index in [1.54, 1.807) is 6.92 Å². The van der Waals surface area contributed by atoms with Gasteiger partial charge < -0.3 is 15.3 Å². The van der Waals surface area contributed by atoms with E-state index in [0.717, 1.165) is 0 Å². The van der Waals surface area contributed by atoms with Crippen LogP contribution in [0.25, 0.3) is 0 Å². The molecule has 0 radical (unpaired) electrons. The molecule has 82 valence electrons. The normalized spacial score (nSPS) is 14.7. The zero-order chi connectivity index (χ0) is 11.1. The molecule has 0 saturated heterocycles. The Balaban J connectivity index is 3.47. The summed E-state index contributed by atoms with van der Waals surface area (Å²) in [5, 5.41) is 25.8. The topological polar surface area (TPSA) is 94.8 Å². The van der Waals surface area contributed by atoms with Crippen LogP contribution < -0.4 is 0 Å². The summed E-state index contributed by atoms with van der Waals surface area (Å²) < 4.78 is 0. The summed E-state index contributed by atoms with van der Waals surface area (Å²) in [6.45, 7) is 1.61. The van der Waals surface area contributed by atoms with Gasteiger partial charge in [-0.15, -0.1) is 0 Å². The van der Waals surface area contributed by atoms with Gasteiger partial charge in [-0.1, -0.05) is 19.8 Å². The van der Waals surface area contributed by atoms with Crippen LogP contribution in [0.2, 0.25) is 0 Å². The van der Waals surface area contributed by atoms with Gasteiger partial charge >= 0.3 is 11.9 Å². The molecule has 5 nitrogen and oxygen atoms in total.